The van der Waals surface area contributed by atoms with E-state index in [9.17, 15) is 5.11 Å². The van der Waals surface area contributed by atoms with Crippen molar-refractivity contribution in [3.05, 3.63) is 35.9 Å². The lowest BCUT2D eigenvalue weighted by molar-refractivity contribution is -0.529. The van der Waals surface area contributed by atoms with Crippen molar-refractivity contribution in [1.29, 1.82) is 0 Å². The molecule has 1 N–H and O–H groups in total. The number of aliphatic hydroxyl groups excluding tert-OH is 1. The molecule has 0 amide bonds. The Bertz CT molecular complexity index is 448. The van der Waals surface area contributed by atoms with Crippen molar-refractivity contribution in [2.75, 3.05) is 20.2 Å². The van der Waals surface area contributed by atoms with E-state index in [1.807, 2.05) is 6.07 Å². The standard InChI is InChI=1S/C16H25N2O/c1-16(2,3)15(11-19)18-10-14(17(4)12-18)13-8-6-5-7-9-13/h5-9,12,14-15,19H,10-11H2,1-4H3/q+1/t14-,15-/m1/s1. The lowest BCUT2D eigenvalue weighted by atomic mass is 9.86. The molecule has 1 aliphatic rings. The molecule has 0 radical (unpaired) electrons. The van der Waals surface area contributed by atoms with Crippen LogP contribution in [-0.4, -0.2) is 47.2 Å². The van der Waals surface area contributed by atoms with Crippen molar-refractivity contribution >= 4 is 6.34 Å². The zero-order valence-corrected chi connectivity index (χ0v) is 12.4. The Morgan fingerprint density at radius 2 is 1.95 bits per heavy atom. The number of rotatable bonds is 3. The van der Waals surface area contributed by atoms with Gasteiger partial charge in [-0.3, -0.25) is 9.48 Å². The van der Waals surface area contributed by atoms with E-state index >= 15 is 0 Å². The predicted octanol–water partition coefficient (Wildman–Crippen LogP) is 2.12. The molecule has 1 heterocycles. The van der Waals surface area contributed by atoms with Gasteiger partial charge in [-0.25, -0.2) is 0 Å². The van der Waals surface area contributed by atoms with Gasteiger partial charge in [0.05, 0.1) is 13.7 Å². The highest BCUT2D eigenvalue weighted by atomic mass is 16.3. The topological polar surface area (TPSA) is 26.5 Å². The number of hydrogen-bond donors (Lipinski definition) is 1. The average Bonchev–Trinajstić information content (AvgIpc) is 2.71. The van der Waals surface area contributed by atoms with Gasteiger partial charge in [-0.2, -0.15) is 0 Å². The molecule has 2 atom stereocenters. The Hall–Kier alpha value is -1.35. The van der Waals surface area contributed by atoms with Gasteiger partial charge in [-0.15, -0.1) is 0 Å². The molecular weight excluding hydrogens is 236 g/mol. The number of hydrogen-bond acceptors (Lipinski definition) is 2. The molecule has 0 unspecified atom stereocenters. The molecule has 0 fully saturated rings. The van der Waals surface area contributed by atoms with Crippen LogP contribution in [0, 0.1) is 5.41 Å². The molecule has 0 bridgehead atoms. The van der Waals surface area contributed by atoms with E-state index in [0.717, 1.165) is 6.54 Å². The van der Waals surface area contributed by atoms with Crippen LogP contribution in [0.2, 0.25) is 0 Å². The lowest BCUT2D eigenvalue weighted by Gasteiger charge is -2.31. The summed E-state index contributed by atoms with van der Waals surface area (Å²) in [7, 11) is 2.11. The van der Waals surface area contributed by atoms with Crippen LogP contribution in [0.15, 0.2) is 30.3 Å². The predicted molar refractivity (Wildman–Crippen MR) is 78.5 cm³/mol. The van der Waals surface area contributed by atoms with Gasteiger partial charge in [0.25, 0.3) is 0 Å². The van der Waals surface area contributed by atoms with E-state index < -0.39 is 0 Å². The van der Waals surface area contributed by atoms with Crippen molar-refractivity contribution in [3.8, 4) is 0 Å². The minimum atomic E-state index is 0.0671. The van der Waals surface area contributed by atoms with Crippen LogP contribution in [0.25, 0.3) is 0 Å². The second kappa shape index (κ2) is 5.33. The van der Waals surface area contributed by atoms with E-state index in [-0.39, 0.29) is 18.1 Å². The molecule has 0 aliphatic carbocycles. The number of likely N-dealkylation sites (N-methyl/N-ethyl adjacent to an activating group) is 1. The molecule has 0 spiro atoms. The van der Waals surface area contributed by atoms with Gasteiger partial charge in [-0.05, 0) is 0 Å². The maximum Gasteiger partial charge on any atom is 0.235 e. The van der Waals surface area contributed by atoms with Gasteiger partial charge < -0.3 is 5.11 Å². The van der Waals surface area contributed by atoms with E-state index in [0.29, 0.717) is 6.04 Å². The summed E-state index contributed by atoms with van der Waals surface area (Å²) in [6, 6.07) is 11.1. The van der Waals surface area contributed by atoms with Gasteiger partial charge in [0.2, 0.25) is 6.34 Å². The van der Waals surface area contributed by atoms with Crippen molar-refractivity contribution in [2.24, 2.45) is 5.41 Å². The fourth-order valence-electron chi connectivity index (χ4n) is 2.79. The third kappa shape index (κ3) is 2.98. The summed E-state index contributed by atoms with van der Waals surface area (Å²) < 4.78 is 2.24. The van der Waals surface area contributed by atoms with Gasteiger partial charge in [0, 0.05) is 11.0 Å². The van der Waals surface area contributed by atoms with Crippen LogP contribution >= 0.6 is 0 Å². The summed E-state index contributed by atoms with van der Waals surface area (Å²) >= 11 is 0. The van der Waals surface area contributed by atoms with Gasteiger partial charge in [-0.1, -0.05) is 51.1 Å². The first-order valence-electron chi connectivity index (χ1n) is 6.92. The molecule has 3 nitrogen and oxygen atoms in total. The number of aliphatic hydroxyl groups is 1. The zero-order valence-electron chi connectivity index (χ0n) is 12.4. The molecule has 104 valence electrons. The van der Waals surface area contributed by atoms with E-state index in [1.165, 1.54) is 5.56 Å². The Morgan fingerprint density at radius 1 is 1.32 bits per heavy atom. The monoisotopic (exact) mass is 261 g/mol. The first-order valence-corrected chi connectivity index (χ1v) is 6.92. The summed E-state index contributed by atoms with van der Waals surface area (Å²) in [5.41, 5.74) is 1.40. The molecule has 2 rings (SSSR count). The van der Waals surface area contributed by atoms with Crippen molar-refractivity contribution in [2.45, 2.75) is 32.9 Å². The largest absolute Gasteiger partial charge is 0.392 e. The molecule has 1 aliphatic heterocycles. The highest BCUT2D eigenvalue weighted by molar-refractivity contribution is 5.52. The minimum Gasteiger partial charge on any atom is -0.392 e. The van der Waals surface area contributed by atoms with Crippen LogP contribution in [0.1, 0.15) is 32.4 Å². The van der Waals surface area contributed by atoms with Crippen molar-refractivity contribution in [3.63, 3.8) is 0 Å². The van der Waals surface area contributed by atoms with E-state index in [4.69, 9.17) is 0 Å². The highest BCUT2D eigenvalue weighted by Crippen LogP contribution is 2.29. The van der Waals surface area contributed by atoms with Crippen molar-refractivity contribution in [1.82, 2.24) is 4.90 Å². The maximum absolute atomic E-state index is 9.68. The first kappa shape index (κ1) is 14.1. The van der Waals surface area contributed by atoms with Gasteiger partial charge in [0.15, 0.2) is 6.04 Å². The summed E-state index contributed by atoms with van der Waals surface area (Å²) in [5.74, 6) is 0. The quantitative estimate of drug-likeness (QED) is 0.844. The second-order valence-corrected chi connectivity index (χ2v) is 6.47. The van der Waals surface area contributed by atoms with Crippen molar-refractivity contribution < 1.29 is 9.68 Å². The SMILES string of the molecule is C[N+]1=CN([C@H](CO)C(C)(C)C)C[C@@H]1c1ccccc1. The first-order chi connectivity index (χ1) is 8.93. The van der Waals surface area contributed by atoms with Crippen LogP contribution in [-0.2, 0) is 0 Å². The zero-order chi connectivity index (χ0) is 14.0. The second-order valence-electron chi connectivity index (χ2n) is 6.47. The molecular formula is C16H25N2O+. The summed E-state index contributed by atoms with van der Waals surface area (Å²) in [6.07, 6.45) is 2.14. The highest BCUT2D eigenvalue weighted by Gasteiger charge is 2.39. The molecule has 1 aromatic rings. The molecule has 3 heteroatoms. The summed E-state index contributed by atoms with van der Waals surface area (Å²) in [5, 5.41) is 9.68. The molecule has 0 saturated carbocycles. The van der Waals surface area contributed by atoms with E-state index in [2.05, 4.69) is 67.9 Å². The number of benzene rings is 1. The van der Waals surface area contributed by atoms with Gasteiger partial charge >= 0.3 is 0 Å². The fraction of sp³-hybridized carbons (Fsp3) is 0.562. The van der Waals surface area contributed by atoms with Crippen LogP contribution in [0.5, 0.6) is 0 Å². The van der Waals surface area contributed by atoms with Gasteiger partial charge in [0.1, 0.15) is 12.6 Å². The number of nitrogens with zero attached hydrogens (tertiary/aromatic N) is 2. The Labute approximate surface area is 116 Å². The lowest BCUT2D eigenvalue weighted by Crippen LogP contribution is -2.45. The fourth-order valence-corrected chi connectivity index (χ4v) is 2.79. The van der Waals surface area contributed by atoms with Crippen LogP contribution < -0.4 is 0 Å². The van der Waals surface area contributed by atoms with Crippen LogP contribution in [0.4, 0.5) is 0 Å². The summed E-state index contributed by atoms with van der Waals surface area (Å²) in [6.45, 7) is 7.66. The summed E-state index contributed by atoms with van der Waals surface area (Å²) in [4.78, 5) is 2.28. The normalized spacial score (nSPS) is 21.4. The van der Waals surface area contributed by atoms with Crippen LogP contribution in [0.3, 0.4) is 0 Å². The maximum atomic E-state index is 9.68. The smallest absolute Gasteiger partial charge is 0.235 e. The minimum absolute atomic E-state index is 0.0671. The average molecular weight is 261 g/mol. The molecule has 1 aromatic carbocycles. The Balaban J connectivity index is 2.18. The third-order valence-electron chi connectivity index (χ3n) is 3.96. The Morgan fingerprint density at radius 3 is 2.47 bits per heavy atom. The molecule has 0 saturated heterocycles. The Kier molecular flexibility index (Phi) is 3.95. The third-order valence-corrected chi connectivity index (χ3v) is 3.96. The molecule has 19 heavy (non-hydrogen) atoms. The molecule has 0 aromatic heterocycles. The van der Waals surface area contributed by atoms with E-state index in [1.54, 1.807) is 0 Å².